The molecule has 6 aliphatic rings. The minimum absolute atomic E-state index is 0.105. The monoisotopic (exact) mass is 458 g/mol. The van der Waals surface area contributed by atoms with Crippen LogP contribution in [0.1, 0.15) is 98.8 Å². The van der Waals surface area contributed by atoms with Crippen molar-refractivity contribution in [3.8, 4) is 0 Å². The lowest BCUT2D eigenvalue weighted by molar-refractivity contribution is -0.273. The maximum atomic E-state index is 11.5. The van der Waals surface area contributed by atoms with Gasteiger partial charge in [0.2, 0.25) is 0 Å². The molecule has 4 aliphatic carbocycles. The Morgan fingerprint density at radius 3 is 2.42 bits per heavy atom. The third-order valence-corrected chi connectivity index (χ3v) is 12.2. The van der Waals surface area contributed by atoms with Crippen LogP contribution in [0.2, 0.25) is 0 Å². The van der Waals surface area contributed by atoms with Gasteiger partial charge >= 0.3 is 5.97 Å². The van der Waals surface area contributed by atoms with E-state index in [1.165, 1.54) is 44.9 Å². The average molecular weight is 459 g/mol. The number of ether oxygens (including phenoxy) is 3. The summed E-state index contributed by atoms with van der Waals surface area (Å²) in [5.41, 5.74) is 0.828. The molecule has 6 rings (SSSR count). The summed E-state index contributed by atoms with van der Waals surface area (Å²) in [6, 6.07) is 0. The Labute approximate surface area is 200 Å². The predicted octanol–water partition coefficient (Wildman–Crippen LogP) is 6.36. The molecule has 0 radical (unpaired) electrons. The summed E-state index contributed by atoms with van der Waals surface area (Å²) in [6.45, 7) is 12.4. The third kappa shape index (κ3) is 3.25. The van der Waals surface area contributed by atoms with Gasteiger partial charge in [-0.15, -0.1) is 0 Å². The largest absolute Gasteiger partial charge is 0.463 e. The highest BCUT2D eigenvalue weighted by atomic mass is 16.7. The molecule has 4 nitrogen and oxygen atoms in total. The second-order valence-corrected chi connectivity index (χ2v) is 13.7. The van der Waals surface area contributed by atoms with Gasteiger partial charge in [0.05, 0.1) is 12.7 Å². The highest BCUT2D eigenvalue weighted by Crippen LogP contribution is 2.71. The standard InChI is InChI=1S/C29H46O4/c1-17-8-13-29(31-16-17)18(2)26-25(33-29)15-24-22-7-6-20-14-21(32-19(3)30)9-11-27(20,4)23(22)10-12-28(24,26)5/h17-18,20-26H,6-16H2,1-5H3/t17-,18+,20-,21+,22-,23+,24+,25+,26+,27+,28+,29-/m0/s1. The van der Waals surface area contributed by atoms with Crippen LogP contribution < -0.4 is 0 Å². The second-order valence-electron chi connectivity index (χ2n) is 13.7. The van der Waals surface area contributed by atoms with Crippen molar-refractivity contribution in [3.05, 3.63) is 0 Å². The maximum absolute atomic E-state index is 11.5. The molecular formula is C29H46O4. The summed E-state index contributed by atoms with van der Waals surface area (Å²) in [6.07, 6.45) is 12.9. The maximum Gasteiger partial charge on any atom is 0.302 e. The fraction of sp³-hybridized carbons (Fsp3) is 0.966. The first kappa shape index (κ1) is 22.8. The molecule has 33 heavy (non-hydrogen) atoms. The first-order valence-corrected chi connectivity index (χ1v) is 14.2. The van der Waals surface area contributed by atoms with E-state index in [0.717, 1.165) is 49.5 Å². The minimum atomic E-state index is -0.300. The molecule has 186 valence electrons. The Kier molecular flexibility index (Phi) is 5.32. The topological polar surface area (TPSA) is 44.8 Å². The van der Waals surface area contributed by atoms with E-state index in [1.54, 1.807) is 6.92 Å². The van der Waals surface area contributed by atoms with Crippen molar-refractivity contribution in [1.82, 2.24) is 0 Å². The van der Waals surface area contributed by atoms with Crippen molar-refractivity contribution < 1.29 is 19.0 Å². The molecule has 0 amide bonds. The van der Waals surface area contributed by atoms with Gasteiger partial charge < -0.3 is 14.2 Å². The van der Waals surface area contributed by atoms with E-state index in [-0.39, 0.29) is 17.9 Å². The molecule has 12 atom stereocenters. The molecule has 1 spiro atoms. The Balaban J connectivity index is 1.21. The first-order chi connectivity index (χ1) is 15.7. The molecule has 0 bridgehead atoms. The van der Waals surface area contributed by atoms with Crippen molar-refractivity contribution in [3.63, 3.8) is 0 Å². The van der Waals surface area contributed by atoms with Crippen LogP contribution in [0.25, 0.3) is 0 Å². The van der Waals surface area contributed by atoms with E-state index in [0.29, 0.717) is 34.7 Å². The van der Waals surface area contributed by atoms with Gasteiger partial charge in [-0.1, -0.05) is 27.7 Å². The summed E-state index contributed by atoms with van der Waals surface area (Å²) < 4.78 is 19.1. The van der Waals surface area contributed by atoms with E-state index < -0.39 is 0 Å². The normalized spacial score (nSPS) is 57.7. The van der Waals surface area contributed by atoms with Crippen LogP contribution in [-0.2, 0) is 19.0 Å². The molecule has 0 N–H and O–H groups in total. The lowest BCUT2D eigenvalue weighted by Crippen LogP contribution is -2.55. The molecule has 2 heterocycles. The van der Waals surface area contributed by atoms with Gasteiger partial charge in [0.1, 0.15) is 6.10 Å². The lowest BCUT2D eigenvalue weighted by Gasteiger charge is -2.61. The van der Waals surface area contributed by atoms with E-state index in [2.05, 4.69) is 27.7 Å². The average Bonchev–Trinajstić information content (AvgIpc) is 3.21. The van der Waals surface area contributed by atoms with E-state index in [1.807, 2.05) is 0 Å². The number of carbonyl (C=O) groups excluding carboxylic acids is 1. The van der Waals surface area contributed by atoms with E-state index in [4.69, 9.17) is 14.2 Å². The predicted molar refractivity (Wildman–Crippen MR) is 127 cm³/mol. The number of esters is 1. The molecule has 4 heteroatoms. The van der Waals surface area contributed by atoms with Gasteiger partial charge in [0.15, 0.2) is 5.79 Å². The highest BCUT2D eigenvalue weighted by Gasteiger charge is 2.69. The fourth-order valence-electron chi connectivity index (χ4n) is 10.6. The summed E-state index contributed by atoms with van der Waals surface area (Å²) in [7, 11) is 0. The van der Waals surface area contributed by atoms with Crippen LogP contribution in [0, 0.1) is 52.3 Å². The van der Waals surface area contributed by atoms with Gasteiger partial charge in [0, 0.05) is 19.3 Å². The van der Waals surface area contributed by atoms with E-state index in [9.17, 15) is 4.79 Å². The number of fused-ring (bicyclic) bond motifs is 7. The molecule has 0 aromatic rings. The second kappa shape index (κ2) is 7.69. The number of rotatable bonds is 1. The SMILES string of the molecule is CC(=O)O[C@@H]1CC[C@]2(C)[C@@H](CC[C@@H]3[C@H]4C[C@H]5O[C@@]6(CC[C@H](C)CO6)[C@H](C)[C@H]5[C@]4(C)CC[C@H]32)C1. The molecule has 0 unspecified atom stereocenters. The highest BCUT2D eigenvalue weighted by molar-refractivity contribution is 5.66. The molecule has 4 saturated carbocycles. The van der Waals surface area contributed by atoms with Crippen LogP contribution in [0.5, 0.6) is 0 Å². The summed E-state index contributed by atoms with van der Waals surface area (Å²) in [5, 5.41) is 0. The summed E-state index contributed by atoms with van der Waals surface area (Å²) >= 11 is 0. The zero-order valence-electron chi connectivity index (χ0n) is 21.6. The van der Waals surface area contributed by atoms with Crippen molar-refractivity contribution in [2.75, 3.05) is 6.61 Å². The van der Waals surface area contributed by atoms with Gasteiger partial charge in [0.25, 0.3) is 0 Å². The summed E-state index contributed by atoms with van der Waals surface area (Å²) in [5.74, 6) is 4.63. The zero-order chi connectivity index (χ0) is 23.2. The van der Waals surface area contributed by atoms with Crippen molar-refractivity contribution >= 4 is 5.97 Å². The number of carbonyl (C=O) groups is 1. The van der Waals surface area contributed by atoms with Crippen LogP contribution >= 0.6 is 0 Å². The van der Waals surface area contributed by atoms with Gasteiger partial charge in [-0.2, -0.15) is 0 Å². The van der Waals surface area contributed by atoms with Crippen molar-refractivity contribution in [2.45, 2.75) is 117 Å². The molecule has 2 aliphatic heterocycles. The van der Waals surface area contributed by atoms with Crippen LogP contribution in [-0.4, -0.2) is 30.6 Å². The van der Waals surface area contributed by atoms with Crippen molar-refractivity contribution in [2.24, 2.45) is 52.3 Å². The van der Waals surface area contributed by atoms with Gasteiger partial charge in [-0.25, -0.2) is 0 Å². The van der Waals surface area contributed by atoms with Gasteiger partial charge in [-0.3, -0.25) is 4.79 Å². The zero-order valence-corrected chi connectivity index (χ0v) is 21.6. The molecule has 0 aromatic heterocycles. The third-order valence-electron chi connectivity index (χ3n) is 12.2. The number of hydrogen-bond donors (Lipinski definition) is 0. The first-order valence-electron chi connectivity index (χ1n) is 14.2. The quantitative estimate of drug-likeness (QED) is 0.429. The minimum Gasteiger partial charge on any atom is -0.463 e. The Morgan fingerprint density at radius 2 is 1.70 bits per heavy atom. The number of hydrogen-bond acceptors (Lipinski definition) is 4. The molecule has 2 saturated heterocycles. The Bertz CT molecular complexity index is 786. The van der Waals surface area contributed by atoms with Crippen molar-refractivity contribution in [1.29, 1.82) is 0 Å². The van der Waals surface area contributed by atoms with Gasteiger partial charge in [-0.05, 0) is 104 Å². The lowest BCUT2D eigenvalue weighted by atomic mass is 9.44. The fourth-order valence-corrected chi connectivity index (χ4v) is 10.6. The molecule has 6 fully saturated rings. The van der Waals surface area contributed by atoms with Crippen LogP contribution in [0.15, 0.2) is 0 Å². The molecular weight excluding hydrogens is 412 g/mol. The smallest absolute Gasteiger partial charge is 0.302 e. The Morgan fingerprint density at radius 1 is 0.909 bits per heavy atom. The molecule has 0 aromatic carbocycles. The summed E-state index contributed by atoms with van der Waals surface area (Å²) in [4.78, 5) is 11.5. The Hall–Kier alpha value is -0.610. The van der Waals surface area contributed by atoms with Crippen LogP contribution in [0.4, 0.5) is 0 Å². The van der Waals surface area contributed by atoms with E-state index >= 15 is 0 Å². The van der Waals surface area contributed by atoms with Crippen LogP contribution in [0.3, 0.4) is 0 Å².